The number of hydrogen-bond acceptors (Lipinski definition) is 5. The van der Waals surface area contributed by atoms with Crippen molar-refractivity contribution in [3.8, 4) is 11.5 Å². The van der Waals surface area contributed by atoms with Crippen molar-refractivity contribution in [2.45, 2.75) is 39.0 Å². The first-order valence-electron chi connectivity index (χ1n) is 7.11. The molecule has 0 aliphatic rings. The zero-order valence-corrected chi connectivity index (χ0v) is 13.6. The molecule has 0 radical (unpaired) electrons. The van der Waals surface area contributed by atoms with E-state index in [1.807, 2.05) is 6.92 Å². The van der Waals surface area contributed by atoms with E-state index in [4.69, 9.17) is 9.47 Å². The molecule has 1 rings (SSSR count). The zero-order valence-electron chi connectivity index (χ0n) is 12.8. The Bertz CT molecular complexity index is 537. The molecule has 5 nitrogen and oxygen atoms in total. The number of ether oxygens (including phenoxy) is 2. The van der Waals surface area contributed by atoms with Crippen molar-refractivity contribution < 1.29 is 23.0 Å². The highest BCUT2D eigenvalue weighted by Crippen LogP contribution is 2.25. The standard InChI is InChI=1S/C15H24O5S/c1-4-7-19-14-6-5-13(11-16)15(10-14)20-8-9-21(17,18)12(2)3/h5-6,10,12,16H,4,7-9,11H2,1-3H3. The molecule has 0 fully saturated rings. The van der Waals surface area contributed by atoms with Gasteiger partial charge in [-0.1, -0.05) is 6.92 Å². The van der Waals surface area contributed by atoms with Crippen LogP contribution in [0.25, 0.3) is 0 Å². The second-order valence-corrected chi connectivity index (χ2v) is 7.72. The summed E-state index contributed by atoms with van der Waals surface area (Å²) in [6.07, 6.45) is 0.893. The summed E-state index contributed by atoms with van der Waals surface area (Å²) < 4.78 is 34.5. The third-order valence-electron chi connectivity index (χ3n) is 3.03. The lowest BCUT2D eigenvalue weighted by molar-refractivity contribution is 0.265. The van der Waals surface area contributed by atoms with Crippen LogP contribution >= 0.6 is 0 Å². The summed E-state index contributed by atoms with van der Waals surface area (Å²) in [7, 11) is -3.13. The lowest BCUT2D eigenvalue weighted by Gasteiger charge is -2.13. The first kappa shape index (κ1) is 17.8. The van der Waals surface area contributed by atoms with Gasteiger partial charge in [0, 0.05) is 11.6 Å². The van der Waals surface area contributed by atoms with Crippen LogP contribution in [-0.4, -0.2) is 37.7 Å². The minimum Gasteiger partial charge on any atom is -0.493 e. The molecule has 0 unspecified atom stereocenters. The van der Waals surface area contributed by atoms with E-state index in [1.165, 1.54) is 0 Å². The highest BCUT2D eigenvalue weighted by molar-refractivity contribution is 7.91. The fourth-order valence-electron chi connectivity index (χ4n) is 1.61. The topological polar surface area (TPSA) is 72.8 Å². The molecule has 0 aliphatic carbocycles. The van der Waals surface area contributed by atoms with Crippen LogP contribution in [0.4, 0.5) is 0 Å². The van der Waals surface area contributed by atoms with Gasteiger partial charge in [0.05, 0.1) is 24.2 Å². The van der Waals surface area contributed by atoms with Gasteiger partial charge in [0.25, 0.3) is 0 Å². The molecule has 1 N–H and O–H groups in total. The van der Waals surface area contributed by atoms with Crippen molar-refractivity contribution in [1.29, 1.82) is 0 Å². The Morgan fingerprint density at radius 3 is 2.48 bits per heavy atom. The predicted octanol–water partition coefficient (Wildman–Crippen LogP) is 2.17. The number of benzene rings is 1. The van der Waals surface area contributed by atoms with E-state index in [9.17, 15) is 13.5 Å². The Labute approximate surface area is 126 Å². The summed E-state index contributed by atoms with van der Waals surface area (Å²) in [4.78, 5) is 0. The Hall–Kier alpha value is -1.27. The average molecular weight is 316 g/mol. The van der Waals surface area contributed by atoms with E-state index in [2.05, 4.69) is 0 Å². The molecule has 1 aromatic carbocycles. The van der Waals surface area contributed by atoms with Gasteiger partial charge in [-0.2, -0.15) is 0 Å². The lowest BCUT2D eigenvalue weighted by atomic mass is 10.2. The third kappa shape index (κ3) is 5.55. The molecule has 0 bridgehead atoms. The minimum atomic E-state index is -3.13. The molecule has 6 heteroatoms. The lowest BCUT2D eigenvalue weighted by Crippen LogP contribution is -2.22. The molecule has 0 amide bonds. The van der Waals surface area contributed by atoms with Crippen LogP contribution in [0.15, 0.2) is 18.2 Å². The van der Waals surface area contributed by atoms with E-state index < -0.39 is 15.1 Å². The second-order valence-electron chi connectivity index (χ2n) is 5.04. The summed E-state index contributed by atoms with van der Waals surface area (Å²) in [6, 6.07) is 5.17. The molecule has 0 aromatic heterocycles. The summed E-state index contributed by atoms with van der Waals surface area (Å²) >= 11 is 0. The molecule has 0 heterocycles. The maximum atomic E-state index is 11.7. The maximum Gasteiger partial charge on any atom is 0.155 e. The van der Waals surface area contributed by atoms with Gasteiger partial charge in [-0.25, -0.2) is 8.42 Å². The summed E-state index contributed by atoms with van der Waals surface area (Å²) in [5.74, 6) is 1.07. The van der Waals surface area contributed by atoms with Gasteiger partial charge in [-0.05, 0) is 32.4 Å². The van der Waals surface area contributed by atoms with E-state index in [1.54, 1.807) is 32.0 Å². The van der Waals surface area contributed by atoms with Gasteiger partial charge >= 0.3 is 0 Å². The maximum absolute atomic E-state index is 11.7. The largest absolute Gasteiger partial charge is 0.493 e. The van der Waals surface area contributed by atoms with Crippen LogP contribution < -0.4 is 9.47 Å². The van der Waals surface area contributed by atoms with Crippen LogP contribution in [0.2, 0.25) is 0 Å². The van der Waals surface area contributed by atoms with E-state index in [0.717, 1.165) is 6.42 Å². The zero-order chi connectivity index (χ0) is 15.9. The van der Waals surface area contributed by atoms with Gasteiger partial charge in [0.15, 0.2) is 9.84 Å². The number of aliphatic hydroxyl groups is 1. The van der Waals surface area contributed by atoms with Crippen molar-refractivity contribution in [2.75, 3.05) is 19.0 Å². The molecule has 120 valence electrons. The predicted molar refractivity (Wildman–Crippen MR) is 82.6 cm³/mol. The van der Waals surface area contributed by atoms with Gasteiger partial charge in [-0.15, -0.1) is 0 Å². The second kappa shape index (κ2) is 8.24. The molecular formula is C15H24O5S. The summed E-state index contributed by atoms with van der Waals surface area (Å²) in [6.45, 7) is 5.79. The van der Waals surface area contributed by atoms with E-state index >= 15 is 0 Å². The number of rotatable bonds is 9. The van der Waals surface area contributed by atoms with Crippen molar-refractivity contribution in [2.24, 2.45) is 0 Å². The quantitative estimate of drug-likeness (QED) is 0.756. The van der Waals surface area contributed by atoms with E-state index in [0.29, 0.717) is 23.7 Å². The molecular weight excluding hydrogens is 292 g/mol. The van der Waals surface area contributed by atoms with Crippen LogP contribution in [0.3, 0.4) is 0 Å². The summed E-state index contributed by atoms with van der Waals surface area (Å²) in [5.41, 5.74) is 0.612. The Kier molecular flexibility index (Phi) is 6.98. The number of sulfone groups is 1. The van der Waals surface area contributed by atoms with Crippen molar-refractivity contribution in [3.05, 3.63) is 23.8 Å². The van der Waals surface area contributed by atoms with Gasteiger partial charge in [0.2, 0.25) is 0 Å². The fourth-order valence-corrected chi connectivity index (χ4v) is 2.40. The Morgan fingerprint density at radius 1 is 1.19 bits per heavy atom. The monoisotopic (exact) mass is 316 g/mol. The van der Waals surface area contributed by atoms with Gasteiger partial charge in [0.1, 0.15) is 18.1 Å². The van der Waals surface area contributed by atoms with Crippen molar-refractivity contribution in [1.82, 2.24) is 0 Å². The molecule has 1 aromatic rings. The van der Waals surface area contributed by atoms with Crippen LogP contribution in [-0.2, 0) is 16.4 Å². The highest BCUT2D eigenvalue weighted by atomic mass is 32.2. The Morgan fingerprint density at radius 2 is 1.90 bits per heavy atom. The first-order valence-corrected chi connectivity index (χ1v) is 8.83. The van der Waals surface area contributed by atoms with Crippen LogP contribution in [0.1, 0.15) is 32.8 Å². The van der Waals surface area contributed by atoms with Crippen molar-refractivity contribution >= 4 is 9.84 Å². The van der Waals surface area contributed by atoms with Crippen LogP contribution in [0.5, 0.6) is 11.5 Å². The highest BCUT2D eigenvalue weighted by Gasteiger charge is 2.16. The normalized spacial score (nSPS) is 11.7. The molecule has 0 saturated heterocycles. The third-order valence-corrected chi connectivity index (χ3v) is 5.20. The van der Waals surface area contributed by atoms with Gasteiger partial charge < -0.3 is 14.6 Å². The fraction of sp³-hybridized carbons (Fsp3) is 0.600. The smallest absolute Gasteiger partial charge is 0.155 e. The molecule has 0 saturated carbocycles. The Balaban J connectivity index is 2.72. The number of aliphatic hydroxyl groups excluding tert-OH is 1. The molecule has 21 heavy (non-hydrogen) atoms. The average Bonchev–Trinajstić information content (AvgIpc) is 2.45. The number of hydrogen-bond donors (Lipinski definition) is 1. The molecule has 0 spiro atoms. The van der Waals surface area contributed by atoms with Crippen LogP contribution in [0, 0.1) is 0 Å². The summed E-state index contributed by atoms with van der Waals surface area (Å²) in [5, 5.41) is 8.87. The molecule has 0 atom stereocenters. The van der Waals surface area contributed by atoms with E-state index in [-0.39, 0.29) is 19.0 Å². The first-order chi connectivity index (χ1) is 9.90. The minimum absolute atomic E-state index is 0.0461. The molecule has 0 aliphatic heterocycles. The SMILES string of the molecule is CCCOc1ccc(CO)c(OCCS(=O)(=O)C(C)C)c1. The van der Waals surface area contributed by atoms with Crippen molar-refractivity contribution in [3.63, 3.8) is 0 Å². The van der Waals surface area contributed by atoms with Gasteiger partial charge in [-0.3, -0.25) is 0 Å².